The van der Waals surface area contributed by atoms with Crippen molar-refractivity contribution in [2.45, 2.75) is 60.8 Å². The third-order valence-corrected chi connectivity index (χ3v) is 7.93. The van der Waals surface area contributed by atoms with Crippen LogP contribution in [0.4, 0.5) is 0 Å². The van der Waals surface area contributed by atoms with E-state index in [9.17, 15) is 0 Å². The first-order valence-corrected chi connectivity index (χ1v) is 14.3. The lowest BCUT2D eigenvalue weighted by molar-refractivity contribution is 0.626. The Morgan fingerprint density at radius 1 is 0.692 bits per heavy atom. The smallest absolute Gasteiger partial charge is 0.145 e. The van der Waals surface area contributed by atoms with Gasteiger partial charge in [0.05, 0.1) is 17.4 Å². The molecule has 2 heteroatoms. The highest BCUT2D eigenvalue weighted by molar-refractivity contribution is 6.18. The molecular formula is C37H40N2. The normalized spacial score (nSPS) is 11.5. The van der Waals surface area contributed by atoms with Gasteiger partial charge in [-0.3, -0.25) is 4.40 Å². The number of hydrogen-bond acceptors (Lipinski definition) is 1. The third kappa shape index (κ3) is 4.96. The van der Waals surface area contributed by atoms with Crippen molar-refractivity contribution >= 4 is 27.3 Å². The minimum absolute atomic E-state index is 0.513. The first-order valence-electron chi connectivity index (χ1n) is 14.3. The van der Waals surface area contributed by atoms with Crippen LogP contribution in [0.2, 0.25) is 0 Å². The molecule has 2 heterocycles. The van der Waals surface area contributed by atoms with E-state index in [1.54, 1.807) is 0 Å². The predicted octanol–water partition coefficient (Wildman–Crippen LogP) is 10.8. The van der Waals surface area contributed by atoms with E-state index in [0.29, 0.717) is 5.92 Å². The zero-order valence-electron chi connectivity index (χ0n) is 24.4. The number of aryl methyl sites for hydroxylation is 2. The Morgan fingerprint density at radius 3 is 2.05 bits per heavy atom. The van der Waals surface area contributed by atoms with Gasteiger partial charge in [0.15, 0.2) is 0 Å². The van der Waals surface area contributed by atoms with Crippen molar-refractivity contribution in [1.29, 1.82) is 0 Å². The van der Waals surface area contributed by atoms with Crippen LogP contribution in [0.5, 0.6) is 0 Å². The Kier molecular flexibility index (Phi) is 7.57. The fourth-order valence-electron chi connectivity index (χ4n) is 5.32. The summed E-state index contributed by atoms with van der Waals surface area (Å²) in [6.07, 6.45) is 3.35. The van der Waals surface area contributed by atoms with E-state index in [2.05, 4.69) is 138 Å². The Morgan fingerprint density at radius 2 is 1.36 bits per heavy atom. The van der Waals surface area contributed by atoms with E-state index in [1.807, 2.05) is 6.20 Å². The Bertz CT molecular complexity index is 1770. The molecule has 39 heavy (non-hydrogen) atoms. The van der Waals surface area contributed by atoms with Crippen molar-refractivity contribution in [2.75, 3.05) is 0 Å². The van der Waals surface area contributed by atoms with Gasteiger partial charge in [0.2, 0.25) is 0 Å². The lowest BCUT2D eigenvalue weighted by Gasteiger charge is -2.16. The van der Waals surface area contributed by atoms with Gasteiger partial charge < -0.3 is 0 Å². The summed E-state index contributed by atoms with van der Waals surface area (Å²) in [5.74, 6) is 1.40. The van der Waals surface area contributed by atoms with E-state index < -0.39 is 0 Å². The molecule has 0 atom stereocenters. The van der Waals surface area contributed by atoms with Gasteiger partial charge >= 0.3 is 0 Å². The zero-order chi connectivity index (χ0) is 27.7. The molecule has 0 saturated carbocycles. The minimum Gasteiger partial charge on any atom is -0.292 e. The SMILES string of the molecule is CCC(C)C.Cc1ccccc1-c1cccc2c1c1ccccc1n1c(-c3ccc(C(C)C)cc3C)cnc21. The summed E-state index contributed by atoms with van der Waals surface area (Å²) in [6, 6.07) is 30.8. The van der Waals surface area contributed by atoms with Crippen molar-refractivity contribution in [3.05, 3.63) is 108 Å². The molecule has 0 amide bonds. The summed E-state index contributed by atoms with van der Waals surface area (Å²) >= 11 is 0. The molecule has 0 aliphatic carbocycles. The van der Waals surface area contributed by atoms with E-state index >= 15 is 0 Å². The van der Waals surface area contributed by atoms with Gasteiger partial charge in [-0.25, -0.2) is 4.98 Å². The molecule has 0 unspecified atom stereocenters. The maximum absolute atomic E-state index is 4.99. The molecule has 0 aliphatic rings. The average Bonchev–Trinajstić information content (AvgIpc) is 3.39. The van der Waals surface area contributed by atoms with E-state index in [0.717, 1.165) is 17.3 Å². The van der Waals surface area contributed by atoms with Crippen LogP contribution in [0.25, 0.3) is 49.7 Å². The molecule has 2 nitrogen and oxygen atoms in total. The molecule has 6 rings (SSSR count). The largest absolute Gasteiger partial charge is 0.292 e. The van der Waals surface area contributed by atoms with Crippen LogP contribution in [-0.4, -0.2) is 9.38 Å². The van der Waals surface area contributed by atoms with Crippen LogP contribution in [0.15, 0.2) is 91.1 Å². The Labute approximate surface area is 233 Å². The lowest BCUT2D eigenvalue weighted by atomic mass is 9.93. The summed E-state index contributed by atoms with van der Waals surface area (Å²) in [4.78, 5) is 4.99. The van der Waals surface area contributed by atoms with Gasteiger partial charge in [-0.15, -0.1) is 0 Å². The first-order chi connectivity index (χ1) is 18.8. The molecule has 0 aliphatic heterocycles. The predicted molar refractivity (Wildman–Crippen MR) is 170 cm³/mol. The molecule has 0 fully saturated rings. The van der Waals surface area contributed by atoms with Crippen LogP contribution in [0, 0.1) is 19.8 Å². The molecule has 6 aromatic rings. The topological polar surface area (TPSA) is 17.3 Å². The average molecular weight is 513 g/mol. The van der Waals surface area contributed by atoms with Crippen LogP contribution >= 0.6 is 0 Å². The summed E-state index contributed by atoms with van der Waals surface area (Å²) in [7, 11) is 0. The number of hydrogen-bond donors (Lipinski definition) is 0. The van der Waals surface area contributed by atoms with Crippen molar-refractivity contribution in [3.8, 4) is 22.4 Å². The van der Waals surface area contributed by atoms with E-state index in [1.165, 1.54) is 61.5 Å². The van der Waals surface area contributed by atoms with Gasteiger partial charge in [0.25, 0.3) is 0 Å². The maximum atomic E-state index is 4.99. The molecule has 0 spiro atoms. The number of aromatic nitrogens is 2. The Hall–Kier alpha value is -3.91. The van der Waals surface area contributed by atoms with Crippen LogP contribution in [0.3, 0.4) is 0 Å². The first kappa shape index (κ1) is 26.7. The molecule has 198 valence electrons. The van der Waals surface area contributed by atoms with Crippen molar-refractivity contribution in [3.63, 3.8) is 0 Å². The number of nitrogens with zero attached hydrogens (tertiary/aromatic N) is 2. The highest BCUT2D eigenvalue weighted by Gasteiger charge is 2.18. The minimum atomic E-state index is 0.513. The van der Waals surface area contributed by atoms with Gasteiger partial charge in [0, 0.05) is 21.7 Å². The fourth-order valence-corrected chi connectivity index (χ4v) is 5.32. The summed E-state index contributed by atoms with van der Waals surface area (Å²) < 4.78 is 2.34. The lowest BCUT2D eigenvalue weighted by Crippen LogP contribution is -1.97. The number of para-hydroxylation sites is 1. The molecule has 0 bridgehead atoms. The van der Waals surface area contributed by atoms with Crippen LogP contribution in [-0.2, 0) is 0 Å². The second-order valence-corrected chi connectivity index (χ2v) is 11.4. The molecule has 4 aromatic carbocycles. The maximum Gasteiger partial charge on any atom is 0.145 e. The van der Waals surface area contributed by atoms with Gasteiger partial charge in [0.1, 0.15) is 5.65 Å². The van der Waals surface area contributed by atoms with Gasteiger partial charge in [-0.1, -0.05) is 120 Å². The van der Waals surface area contributed by atoms with E-state index in [-0.39, 0.29) is 0 Å². The Balaban J connectivity index is 0.000000567. The monoisotopic (exact) mass is 512 g/mol. The summed E-state index contributed by atoms with van der Waals surface area (Å²) in [6.45, 7) is 15.5. The quantitative estimate of drug-likeness (QED) is 0.215. The van der Waals surface area contributed by atoms with Crippen LogP contribution in [0.1, 0.15) is 63.6 Å². The highest BCUT2D eigenvalue weighted by atomic mass is 15.0. The molecular weight excluding hydrogens is 472 g/mol. The third-order valence-electron chi connectivity index (χ3n) is 7.93. The van der Waals surface area contributed by atoms with Crippen molar-refractivity contribution in [2.24, 2.45) is 5.92 Å². The summed E-state index contributed by atoms with van der Waals surface area (Å²) in [5.41, 5.74) is 11.0. The second kappa shape index (κ2) is 11.1. The zero-order valence-corrected chi connectivity index (χ0v) is 24.4. The van der Waals surface area contributed by atoms with E-state index in [4.69, 9.17) is 4.98 Å². The number of rotatable bonds is 4. The summed E-state index contributed by atoms with van der Waals surface area (Å²) in [5, 5.41) is 3.70. The standard InChI is InChI=1S/C32H28N2.C5H12/c1-20(2)23-16-17-25(22(4)18-23)30-19-33-32-28-14-9-13-26(24-11-6-5-10-21(24)3)31(28)27-12-7-8-15-29(27)34(30)32;1-4-5(2)3/h5-20H,1-4H3;5H,4H2,1-3H3. The molecule has 2 aromatic heterocycles. The number of fused-ring (bicyclic) bond motifs is 6. The van der Waals surface area contributed by atoms with Gasteiger partial charge in [-0.2, -0.15) is 0 Å². The van der Waals surface area contributed by atoms with Crippen molar-refractivity contribution in [1.82, 2.24) is 9.38 Å². The fraction of sp³-hybridized carbons (Fsp3) is 0.270. The molecule has 0 N–H and O–H groups in total. The highest BCUT2D eigenvalue weighted by Crippen LogP contribution is 2.39. The van der Waals surface area contributed by atoms with Crippen LogP contribution < -0.4 is 0 Å². The second-order valence-electron chi connectivity index (χ2n) is 11.4. The number of pyridine rings is 1. The molecule has 0 saturated heterocycles. The molecule has 0 radical (unpaired) electrons. The van der Waals surface area contributed by atoms with Crippen molar-refractivity contribution < 1.29 is 0 Å². The number of imidazole rings is 1. The van der Waals surface area contributed by atoms with Gasteiger partial charge in [-0.05, 0) is 59.6 Å². The number of benzene rings is 4.